The lowest BCUT2D eigenvalue weighted by Crippen LogP contribution is -1.99. The van der Waals surface area contributed by atoms with Crippen molar-refractivity contribution in [3.8, 4) is 0 Å². The van der Waals surface area contributed by atoms with Gasteiger partial charge >= 0.3 is 0 Å². The van der Waals surface area contributed by atoms with Crippen LogP contribution in [0.5, 0.6) is 0 Å². The molecule has 4 heteroatoms. The summed E-state index contributed by atoms with van der Waals surface area (Å²) in [5, 5.41) is 0. The topological polar surface area (TPSA) is 0 Å². The van der Waals surface area contributed by atoms with Gasteiger partial charge in [-0.1, -0.05) is 34.1 Å². The quantitative estimate of drug-likeness (QED) is 0.688. The summed E-state index contributed by atoms with van der Waals surface area (Å²) >= 11 is 3.41. The Morgan fingerprint density at radius 2 is 1.74 bits per heavy atom. The zero-order chi connectivity index (χ0) is 14.0. The van der Waals surface area contributed by atoms with Crippen molar-refractivity contribution in [2.75, 3.05) is 0 Å². The molecule has 2 aromatic carbocycles. The molecule has 0 N–H and O–H groups in total. The van der Waals surface area contributed by atoms with Crippen LogP contribution in [0.1, 0.15) is 21.5 Å². The summed E-state index contributed by atoms with van der Waals surface area (Å²) in [6, 6.07) is 8.37. The van der Waals surface area contributed by atoms with E-state index in [1.807, 2.05) is 0 Å². The molecule has 0 saturated carbocycles. The van der Waals surface area contributed by atoms with E-state index >= 15 is 0 Å². The first-order valence-corrected chi connectivity index (χ1v) is 6.73. The molecule has 0 aromatic heterocycles. The van der Waals surface area contributed by atoms with Crippen LogP contribution in [0.3, 0.4) is 0 Å². The van der Waals surface area contributed by atoms with Crippen LogP contribution in [0.2, 0.25) is 0 Å². The highest BCUT2D eigenvalue weighted by molar-refractivity contribution is 9.09. The molecule has 0 nitrogen and oxygen atoms in total. The molecule has 1 atom stereocenters. The first-order valence-electron chi connectivity index (χ1n) is 5.81. The Kier molecular flexibility index (Phi) is 4.30. The highest BCUT2D eigenvalue weighted by Crippen LogP contribution is 2.29. The van der Waals surface area contributed by atoms with Crippen molar-refractivity contribution in [2.24, 2.45) is 0 Å². The predicted octanol–water partition coefficient (Wildman–Crippen LogP) is 5.09. The van der Waals surface area contributed by atoms with Crippen molar-refractivity contribution < 1.29 is 13.2 Å². The van der Waals surface area contributed by atoms with Crippen molar-refractivity contribution in [2.45, 2.75) is 18.2 Å². The molecule has 0 amide bonds. The van der Waals surface area contributed by atoms with Gasteiger partial charge < -0.3 is 0 Å². The Hall–Kier alpha value is -1.29. The second kappa shape index (κ2) is 5.78. The highest BCUT2D eigenvalue weighted by atomic mass is 79.9. The monoisotopic (exact) mass is 328 g/mol. The smallest absolute Gasteiger partial charge is 0.129 e. The van der Waals surface area contributed by atoms with Gasteiger partial charge in [-0.2, -0.15) is 0 Å². The van der Waals surface area contributed by atoms with Crippen LogP contribution in [-0.4, -0.2) is 0 Å². The second-order valence-corrected chi connectivity index (χ2v) is 5.52. The number of rotatable bonds is 3. The van der Waals surface area contributed by atoms with E-state index in [0.29, 0.717) is 17.5 Å². The molecule has 2 aromatic rings. The normalized spacial score (nSPS) is 12.5. The summed E-state index contributed by atoms with van der Waals surface area (Å²) in [6.07, 6.45) is 0.328. The molecule has 19 heavy (non-hydrogen) atoms. The third-order valence-corrected chi connectivity index (χ3v) is 3.82. The maximum absolute atomic E-state index is 13.5. The Labute approximate surface area is 118 Å². The van der Waals surface area contributed by atoms with Gasteiger partial charge in [-0.3, -0.25) is 0 Å². The number of alkyl halides is 1. The summed E-state index contributed by atoms with van der Waals surface area (Å²) < 4.78 is 39.8. The number of benzene rings is 2. The van der Waals surface area contributed by atoms with Gasteiger partial charge in [-0.05, 0) is 42.2 Å². The molecule has 0 heterocycles. The fourth-order valence-electron chi connectivity index (χ4n) is 1.80. The van der Waals surface area contributed by atoms with Gasteiger partial charge in [-0.25, -0.2) is 13.2 Å². The molecule has 0 saturated heterocycles. The fourth-order valence-corrected chi connectivity index (χ4v) is 2.44. The number of hydrogen-bond donors (Lipinski definition) is 0. The predicted molar refractivity (Wildman–Crippen MR) is 72.9 cm³/mol. The Morgan fingerprint density at radius 3 is 2.37 bits per heavy atom. The van der Waals surface area contributed by atoms with Crippen LogP contribution in [0.4, 0.5) is 13.2 Å². The number of hydrogen-bond acceptors (Lipinski definition) is 0. The lowest BCUT2D eigenvalue weighted by Gasteiger charge is -2.12. The standard InChI is InChI=1S/C15H12BrF3/c1-9-2-3-10(7-14(9)18)13(16)6-11-4-5-12(17)8-15(11)19/h2-5,7-8,13H,6H2,1H3. The first kappa shape index (κ1) is 14.1. The van der Waals surface area contributed by atoms with E-state index in [1.165, 1.54) is 18.2 Å². The van der Waals surface area contributed by atoms with E-state index in [1.54, 1.807) is 19.1 Å². The zero-order valence-corrected chi connectivity index (χ0v) is 11.8. The molecule has 0 aliphatic heterocycles. The average molecular weight is 329 g/mol. The van der Waals surface area contributed by atoms with Crippen LogP contribution in [0.25, 0.3) is 0 Å². The van der Waals surface area contributed by atoms with Crippen LogP contribution in [0.15, 0.2) is 36.4 Å². The summed E-state index contributed by atoms with van der Waals surface area (Å²) in [5.41, 5.74) is 1.69. The minimum absolute atomic E-state index is 0.220. The summed E-state index contributed by atoms with van der Waals surface area (Å²) in [6.45, 7) is 1.68. The molecule has 100 valence electrons. The van der Waals surface area contributed by atoms with Crippen molar-refractivity contribution in [1.29, 1.82) is 0 Å². The Bertz CT molecular complexity index is 596. The van der Waals surface area contributed by atoms with E-state index in [0.717, 1.165) is 11.6 Å². The maximum Gasteiger partial charge on any atom is 0.129 e. The van der Waals surface area contributed by atoms with Crippen LogP contribution in [-0.2, 0) is 6.42 Å². The minimum atomic E-state index is -0.603. The molecule has 0 fully saturated rings. The largest absolute Gasteiger partial charge is 0.207 e. The Balaban J connectivity index is 2.20. The summed E-state index contributed by atoms with van der Waals surface area (Å²) in [4.78, 5) is -0.220. The van der Waals surface area contributed by atoms with Crippen molar-refractivity contribution in [3.05, 3.63) is 70.5 Å². The molecule has 2 rings (SSSR count). The third-order valence-electron chi connectivity index (χ3n) is 2.97. The van der Waals surface area contributed by atoms with Crippen molar-refractivity contribution in [3.63, 3.8) is 0 Å². The fraction of sp³-hybridized carbons (Fsp3) is 0.200. The van der Waals surface area contributed by atoms with Crippen molar-refractivity contribution in [1.82, 2.24) is 0 Å². The summed E-state index contributed by atoms with van der Waals surface area (Å²) in [5.74, 6) is -1.48. The number of halogens is 4. The molecular formula is C15H12BrF3. The van der Waals surface area contributed by atoms with E-state index in [4.69, 9.17) is 0 Å². The first-order chi connectivity index (χ1) is 8.97. The SMILES string of the molecule is Cc1ccc(C(Br)Cc2ccc(F)cc2F)cc1F. The van der Waals surface area contributed by atoms with Gasteiger partial charge in [0.1, 0.15) is 17.5 Å². The lowest BCUT2D eigenvalue weighted by atomic mass is 10.0. The van der Waals surface area contributed by atoms with Gasteiger partial charge in [0.2, 0.25) is 0 Å². The Morgan fingerprint density at radius 1 is 1.00 bits per heavy atom. The van der Waals surface area contributed by atoms with Gasteiger partial charge in [0.15, 0.2) is 0 Å². The molecule has 0 aliphatic rings. The van der Waals surface area contributed by atoms with E-state index in [2.05, 4.69) is 15.9 Å². The lowest BCUT2D eigenvalue weighted by molar-refractivity contribution is 0.571. The van der Waals surface area contributed by atoms with Crippen molar-refractivity contribution >= 4 is 15.9 Å². The van der Waals surface area contributed by atoms with E-state index in [-0.39, 0.29) is 10.6 Å². The third kappa shape index (κ3) is 3.38. The van der Waals surface area contributed by atoms with Crippen LogP contribution >= 0.6 is 15.9 Å². The molecule has 1 unspecified atom stereocenters. The zero-order valence-electron chi connectivity index (χ0n) is 10.3. The molecule has 0 radical (unpaired) electrons. The van der Waals surface area contributed by atoms with Gasteiger partial charge in [0.25, 0.3) is 0 Å². The van der Waals surface area contributed by atoms with Crippen LogP contribution < -0.4 is 0 Å². The molecule has 0 bridgehead atoms. The second-order valence-electron chi connectivity index (χ2n) is 4.42. The molecule has 0 aliphatic carbocycles. The summed E-state index contributed by atoms with van der Waals surface area (Å²) in [7, 11) is 0. The van der Waals surface area contributed by atoms with Gasteiger partial charge in [0, 0.05) is 10.9 Å². The molecular weight excluding hydrogens is 317 g/mol. The highest BCUT2D eigenvalue weighted by Gasteiger charge is 2.13. The van der Waals surface area contributed by atoms with Gasteiger partial charge in [0.05, 0.1) is 0 Å². The average Bonchev–Trinajstić information content (AvgIpc) is 2.36. The van der Waals surface area contributed by atoms with Gasteiger partial charge in [-0.15, -0.1) is 0 Å². The maximum atomic E-state index is 13.5. The number of aryl methyl sites for hydroxylation is 1. The van der Waals surface area contributed by atoms with E-state index in [9.17, 15) is 13.2 Å². The van der Waals surface area contributed by atoms with Crippen LogP contribution in [0, 0.1) is 24.4 Å². The van der Waals surface area contributed by atoms with E-state index < -0.39 is 11.6 Å². The minimum Gasteiger partial charge on any atom is -0.207 e. The molecule has 0 spiro atoms.